The van der Waals surface area contributed by atoms with Gasteiger partial charge in [-0.05, 0) is 18.2 Å². The number of rotatable bonds is 4. The average molecular weight is 272 g/mol. The molecule has 2 heterocycles. The number of anilines is 1. The number of hydrogen-bond acceptors (Lipinski definition) is 5. The van der Waals surface area contributed by atoms with Gasteiger partial charge < -0.3 is 15.8 Å². The van der Waals surface area contributed by atoms with E-state index < -0.39 is 11.8 Å². The van der Waals surface area contributed by atoms with Crippen LogP contribution in [-0.2, 0) is 0 Å². The predicted octanol–water partition coefficient (Wildman–Crippen LogP) is 0.836. The Balaban J connectivity index is 2.08. The van der Waals surface area contributed by atoms with E-state index in [4.69, 9.17) is 10.5 Å². The Morgan fingerprint density at radius 3 is 2.45 bits per heavy atom. The summed E-state index contributed by atoms with van der Waals surface area (Å²) in [5.74, 6) is -0.552. The third kappa shape index (κ3) is 3.08. The zero-order valence-corrected chi connectivity index (χ0v) is 10.7. The van der Waals surface area contributed by atoms with Crippen molar-refractivity contribution in [1.82, 2.24) is 9.97 Å². The van der Waals surface area contributed by atoms with Gasteiger partial charge in [0, 0.05) is 12.3 Å². The van der Waals surface area contributed by atoms with Crippen molar-refractivity contribution in [2.45, 2.75) is 0 Å². The number of pyridine rings is 2. The standard InChI is InChI=1S/C13H12N4O3/c1-20-11-5-3-9(7-16-11)17-13(19)10-4-2-8(6-15-10)12(14)18/h2-7H,1H3,(H2,14,18)(H,17,19). The van der Waals surface area contributed by atoms with Crippen LogP contribution in [0.3, 0.4) is 0 Å². The van der Waals surface area contributed by atoms with Crippen molar-refractivity contribution in [3.8, 4) is 5.88 Å². The number of nitrogens with one attached hydrogen (secondary N) is 1. The Morgan fingerprint density at radius 1 is 1.15 bits per heavy atom. The Hall–Kier alpha value is -2.96. The van der Waals surface area contributed by atoms with Gasteiger partial charge in [0.2, 0.25) is 11.8 Å². The molecular formula is C13H12N4O3. The van der Waals surface area contributed by atoms with E-state index in [1.165, 1.54) is 31.6 Å². The smallest absolute Gasteiger partial charge is 0.274 e. The number of hydrogen-bond donors (Lipinski definition) is 2. The van der Waals surface area contributed by atoms with Gasteiger partial charge in [-0.25, -0.2) is 4.98 Å². The lowest BCUT2D eigenvalue weighted by molar-refractivity contribution is 0.0993. The molecule has 0 spiro atoms. The van der Waals surface area contributed by atoms with Crippen LogP contribution < -0.4 is 15.8 Å². The van der Waals surface area contributed by atoms with E-state index in [1.807, 2.05) is 0 Å². The van der Waals surface area contributed by atoms with Crippen LogP contribution in [0.2, 0.25) is 0 Å². The Bertz CT molecular complexity index is 623. The molecule has 0 aliphatic rings. The maximum atomic E-state index is 11.9. The largest absolute Gasteiger partial charge is 0.481 e. The molecule has 0 saturated carbocycles. The summed E-state index contributed by atoms with van der Waals surface area (Å²) in [7, 11) is 1.50. The summed E-state index contributed by atoms with van der Waals surface area (Å²) >= 11 is 0. The fraction of sp³-hybridized carbons (Fsp3) is 0.0769. The van der Waals surface area contributed by atoms with E-state index in [0.717, 1.165) is 0 Å². The van der Waals surface area contributed by atoms with Crippen LogP contribution in [0.4, 0.5) is 5.69 Å². The molecule has 7 heteroatoms. The minimum atomic E-state index is -0.594. The maximum Gasteiger partial charge on any atom is 0.274 e. The quantitative estimate of drug-likeness (QED) is 0.857. The molecule has 2 amide bonds. The van der Waals surface area contributed by atoms with Gasteiger partial charge in [0.25, 0.3) is 5.91 Å². The minimum Gasteiger partial charge on any atom is -0.481 e. The summed E-state index contributed by atoms with van der Waals surface area (Å²) in [5.41, 5.74) is 6.02. The summed E-state index contributed by atoms with van der Waals surface area (Å²) in [6, 6.07) is 6.14. The fourth-order valence-corrected chi connectivity index (χ4v) is 1.44. The molecule has 7 nitrogen and oxygen atoms in total. The Labute approximate surface area is 114 Å². The third-order valence-corrected chi connectivity index (χ3v) is 2.48. The second-order valence-corrected chi connectivity index (χ2v) is 3.84. The topological polar surface area (TPSA) is 107 Å². The zero-order chi connectivity index (χ0) is 14.5. The van der Waals surface area contributed by atoms with Crippen LogP contribution in [0.5, 0.6) is 5.88 Å². The normalized spacial score (nSPS) is 9.85. The molecule has 102 valence electrons. The summed E-state index contributed by atoms with van der Waals surface area (Å²) in [4.78, 5) is 30.6. The van der Waals surface area contributed by atoms with E-state index in [-0.39, 0.29) is 11.3 Å². The molecule has 2 aromatic heterocycles. The van der Waals surface area contributed by atoms with E-state index in [9.17, 15) is 9.59 Å². The number of primary amides is 1. The zero-order valence-electron chi connectivity index (χ0n) is 10.7. The van der Waals surface area contributed by atoms with Gasteiger partial charge in [0.1, 0.15) is 5.69 Å². The molecular weight excluding hydrogens is 260 g/mol. The molecule has 20 heavy (non-hydrogen) atoms. The van der Waals surface area contributed by atoms with Gasteiger partial charge in [0.15, 0.2) is 0 Å². The third-order valence-electron chi connectivity index (χ3n) is 2.48. The Morgan fingerprint density at radius 2 is 1.95 bits per heavy atom. The van der Waals surface area contributed by atoms with Crippen LogP contribution >= 0.6 is 0 Å². The number of methoxy groups -OCH3 is 1. The summed E-state index contributed by atoms with van der Waals surface area (Å²) in [5, 5.41) is 2.62. The maximum absolute atomic E-state index is 11.9. The molecule has 0 unspecified atom stereocenters. The first kappa shape index (κ1) is 13.5. The molecule has 3 N–H and O–H groups in total. The molecule has 0 fully saturated rings. The number of carbonyl (C=O) groups is 2. The summed E-state index contributed by atoms with van der Waals surface area (Å²) < 4.78 is 4.91. The molecule has 0 saturated heterocycles. The van der Waals surface area contributed by atoms with Crippen molar-refractivity contribution in [2.24, 2.45) is 5.73 Å². The van der Waals surface area contributed by atoms with E-state index in [2.05, 4.69) is 15.3 Å². The summed E-state index contributed by atoms with van der Waals surface area (Å²) in [6.07, 6.45) is 2.72. The predicted molar refractivity (Wildman–Crippen MR) is 71.5 cm³/mol. The lowest BCUT2D eigenvalue weighted by Crippen LogP contribution is -2.16. The van der Waals surface area contributed by atoms with Crippen LogP contribution in [-0.4, -0.2) is 28.9 Å². The van der Waals surface area contributed by atoms with Crippen molar-refractivity contribution in [3.63, 3.8) is 0 Å². The fourth-order valence-electron chi connectivity index (χ4n) is 1.44. The molecule has 2 rings (SSSR count). The average Bonchev–Trinajstić information content (AvgIpc) is 2.48. The van der Waals surface area contributed by atoms with Crippen molar-refractivity contribution >= 4 is 17.5 Å². The minimum absolute atomic E-state index is 0.172. The van der Waals surface area contributed by atoms with E-state index in [0.29, 0.717) is 11.6 Å². The highest BCUT2D eigenvalue weighted by atomic mass is 16.5. The first-order valence-electron chi connectivity index (χ1n) is 5.67. The number of carbonyl (C=O) groups excluding carboxylic acids is 2. The molecule has 0 aliphatic heterocycles. The lowest BCUT2D eigenvalue weighted by Gasteiger charge is -2.05. The number of aromatic nitrogens is 2. The lowest BCUT2D eigenvalue weighted by atomic mass is 10.2. The van der Waals surface area contributed by atoms with Crippen LogP contribution in [0.15, 0.2) is 36.7 Å². The number of amides is 2. The van der Waals surface area contributed by atoms with Crippen molar-refractivity contribution in [3.05, 3.63) is 47.9 Å². The molecule has 0 bridgehead atoms. The van der Waals surface area contributed by atoms with Crippen molar-refractivity contribution in [1.29, 1.82) is 0 Å². The van der Waals surface area contributed by atoms with Gasteiger partial charge in [-0.1, -0.05) is 0 Å². The van der Waals surface area contributed by atoms with Crippen LogP contribution in [0, 0.1) is 0 Å². The van der Waals surface area contributed by atoms with E-state index >= 15 is 0 Å². The number of ether oxygens (including phenoxy) is 1. The van der Waals surface area contributed by atoms with Gasteiger partial charge in [-0.3, -0.25) is 14.6 Å². The second kappa shape index (κ2) is 5.79. The molecule has 0 aromatic carbocycles. The number of nitrogens with two attached hydrogens (primary N) is 1. The van der Waals surface area contributed by atoms with Crippen LogP contribution in [0.1, 0.15) is 20.8 Å². The number of nitrogens with zero attached hydrogens (tertiary/aromatic N) is 2. The van der Waals surface area contributed by atoms with Gasteiger partial charge >= 0.3 is 0 Å². The molecule has 0 aliphatic carbocycles. The molecule has 0 atom stereocenters. The van der Waals surface area contributed by atoms with Crippen molar-refractivity contribution in [2.75, 3.05) is 12.4 Å². The highest BCUT2D eigenvalue weighted by Gasteiger charge is 2.09. The Kier molecular flexibility index (Phi) is 3.90. The molecule has 0 radical (unpaired) electrons. The molecule has 2 aromatic rings. The first-order chi connectivity index (χ1) is 9.60. The van der Waals surface area contributed by atoms with Gasteiger partial charge in [-0.2, -0.15) is 0 Å². The van der Waals surface area contributed by atoms with Crippen molar-refractivity contribution < 1.29 is 14.3 Å². The van der Waals surface area contributed by atoms with E-state index in [1.54, 1.807) is 12.1 Å². The van der Waals surface area contributed by atoms with Gasteiger partial charge in [-0.15, -0.1) is 0 Å². The highest BCUT2D eigenvalue weighted by molar-refractivity contribution is 6.03. The summed E-state index contributed by atoms with van der Waals surface area (Å²) in [6.45, 7) is 0. The SMILES string of the molecule is COc1ccc(NC(=O)c2ccc(C(N)=O)cn2)cn1. The first-order valence-corrected chi connectivity index (χ1v) is 5.67. The second-order valence-electron chi connectivity index (χ2n) is 3.84. The van der Waals surface area contributed by atoms with Crippen LogP contribution in [0.25, 0.3) is 0 Å². The monoisotopic (exact) mass is 272 g/mol. The highest BCUT2D eigenvalue weighted by Crippen LogP contribution is 2.12. The van der Waals surface area contributed by atoms with Gasteiger partial charge in [0.05, 0.1) is 24.6 Å².